The van der Waals surface area contributed by atoms with E-state index in [1.807, 2.05) is 6.92 Å². The van der Waals surface area contributed by atoms with Crippen molar-refractivity contribution in [3.8, 4) is 0 Å². The largest absolute Gasteiger partial charge is 0.385 e. The fourth-order valence-electron chi connectivity index (χ4n) is 4.67. The average Bonchev–Trinajstić information content (AvgIpc) is 3.27. The number of morpholine rings is 2. The SMILES string of the molecule is Cc1cc(C(=O)N2CCOCC2)cc(N2CCO[C@H]([C@@H](O)C(=O)Nc3ccc4c(N)[nH]cc4c3)C2=O)c1. The third-order valence-electron chi connectivity index (χ3n) is 6.59. The summed E-state index contributed by atoms with van der Waals surface area (Å²) in [4.78, 5) is 45.2. The van der Waals surface area contributed by atoms with Gasteiger partial charge in [0.25, 0.3) is 17.7 Å². The summed E-state index contributed by atoms with van der Waals surface area (Å²) in [7, 11) is 0. The van der Waals surface area contributed by atoms with E-state index in [-0.39, 0.29) is 19.1 Å². The number of hydrogen-bond acceptors (Lipinski definition) is 7. The number of nitrogen functional groups attached to an aromatic ring is 1. The highest BCUT2D eigenvalue weighted by molar-refractivity contribution is 6.05. The van der Waals surface area contributed by atoms with Crippen molar-refractivity contribution in [2.75, 3.05) is 55.4 Å². The Bertz CT molecular complexity index is 1350. The third kappa shape index (κ3) is 5.01. The Hall–Kier alpha value is -3.93. The summed E-state index contributed by atoms with van der Waals surface area (Å²) in [6.45, 7) is 4.18. The van der Waals surface area contributed by atoms with Crippen LogP contribution in [0.3, 0.4) is 0 Å². The molecular weight excluding hydrogens is 478 g/mol. The lowest BCUT2D eigenvalue weighted by molar-refractivity contribution is -0.150. The number of aromatic amines is 1. The van der Waals surface area contributed by atoms with E-state index in [9.17, 15) is 19.5 Å². The van der Waals surface area contributed by atoms with E-state index in [1.54, 1.807) is 47.5 Å². The number of carbonyl (C=O) groups excluding carboxylic acids is 3. The van der Waals surface area contributed by atoms with Gasteiger partial charge in [0.05, 0.1) is 19.8 Å². The fourth-order valence-corrected chi connectivity index (χ4v) is 4.67. The van der Waals surface area contributed by atoms with Gasteiger partial charge in [0.1, 0.15) is 5.82 Å². The maximum absolute atomic E-state index is 13.3. The Labute approximate surface area is 213 Å². The lowest BCUT2D eigenvalue weighted by Gasteiger charge is -2.34. The molecular formula is C26H29N5O6. The number of hydrogen-bond donors (Lipinski definition) is 4. The van der Waals surface area contributed by atoms with Crippen molar-refractivity contribution in [3.63, 3.8) is 0 Å². The van der Waals surface area contributed by atoms with Crippen molar-refractivity contribution in [2.45, 2.75) is 19.1 Å². The first-order valence-electron chi connectivity index (χ1n) is 12.1. The van der Waals surface area contributed by atoms with Crippen molar-refractivity contribution < 1.29 is 29.0 Å². The fraction of sp³-hybridized carbons (Fsp3) is 0.346. The minimum Gasteiger partial charge on any atom is -0.385 e. The smallest absolute Gasteiger partial charge is 0.259 e. The number of fused-ring (bicyclic) bond motifs is 1. The van der Waals surface area contributed by atoms with Crippen LogP contribution in [-0.4, -0.2) is 84.4 Å². The Morgan fingerprint density at radius 2 is 1.92 bits per heavy atom. The second-order valence-electron chi connectivity index (χ2n) is 9.18. The van der Waals surface area contributed by atoms with Gasteiger partial charge in [-0.2, -0.15) is 0 Å². The number of amides is 3. The van der Waals surface area contributed by atoms with Crippen molar-refractivity contribution in [1.82, 2.24) is 9.88 Å². The van der Waals surface area contributed by atoms with E-state index in [0.29, 0.717) is 49.1 Å². The number of anilines is 3. The maximum Gasteiger partial charge on any atom is 0.259 e. The van der Waals surface area contributed by atoms with Gasteiger partial charge in [0, 0.05) is 53.5 Å². The molecule has 11 heteroatoms. The maximum atomic E-state index is 13.3. The molecule has 0 unspecified atom stereocenters. The van der Waals surface area contributed by atoms with Gasteiger partial charge in [-0.25, -0.2) is 0 Å². The van der Waals surface area contributed by atoms with Crippen LogP contribution in [0.5, 0.6) is 0 Å². The number of nitrogens with one attached hydrogen (secondary N) is 2. The van der Waals surface area contributed by atoms with Crippen molar-refractivity contribution >= 4 is 45.7 Å². The molecule has 11 nitrogen and oxygen atoms in total. The van der Waals surface area contributed by atoms with Gasteiger partial charge in [0.15, 0.2) is 12.2 Å². The standard InChI is InChI=1S/C26H29N5O6/c1-15-10-16(25(34)30-4-7-36-8-5-30)13-19(11-15)31-6-9-37-22(26(31)35)21(32)24(33)29-18-2-3-20-17(12-18)14-28-23(20)27/h2-3,10-14,21-22,28,32H,4-9,27H2,1H3,(H,29,33)/t21-,22-/m1/s1. The molecule has 194 valence electrons. The number of benzene rings is 2. The lowest BCUT2D eigenvalue weighted by Crippen LogP contribution is -2.55. The number of aromatic nitrogens is 1. The minimum atomic E-state index is -1.73. The van der Waals surface area contributed by atoms with Crippen LogP contribution in [0.25, 0.3) is 10.8 Å². The molecule has 5 N–H and O–H groups in total. The van der Waals surface area contributed by atoms with Gasteiger partial charge < -0.3 is 40.4 Å². The van der Waals surface area contributed by atoms with Gasteiger partial charge in [-0.15, -0.1) is 0 Å². The van der Waals surface area contributed by atoms with Gasteiger partial charge in [-0.3, -0.25) is 14.4 Å². The molecule has 2 aliphatic heterocycles. The van der Waals surface area contributed by atoms with Crippen LogP contribution >= 0.6 is 0 Å². The highest BCUT2D eigenvalue weighted by atomic mass is 16.5. The van der Waals surface area contributed by atoms with Crippen molar-refractivity contribution in [3.05, 3.63) is 53.7 Å². The van der Waals surface area contributed by atoms with Crippen LogP contribution in [0.1, 0.15) is 15.9 Å². The molecule has 37 heavy (non-hydrogen) atoms. The number of aliphatic hydroxyl groups is 1. The molecule has 0 radical (unpaired) electrons. The molecule has 2 aromatic carbocycles. The van der Waals surface area contributed by atoms with Gasteiger partial charge in [-0.1, -0.05) is 0 Å². The van der Waals surface area contributed by atoms with Crippen LogP contribution < -0.4 is 16.0 Å². The molecule has 3 amide bonds. The topological polar surface area (TPSA) is 150 Å². The van der Waals surface area contributed by atoms with Crippen molar-refractivity contribution in [1.29, 1.82) is 0 Å². The summed E-state index contributed by atoms with van der Waals surface area (Å²) in [6, 6.07) is 10.4. The summed E-state index contributed by atoms with van der Waals surface area (Å²) in [6.07, 6.45) is -1.41. The molecule has 2 atom stereocenters. The van der Waals surface area contributed by atoms with Crippen LogP contribution in [0.2, 0.25) is 0 Å². The van der Waals surface area contributed by atoms with Crippen molar-refractivity contribution in [2.24, 2.45) is 0 Å². The predicted molar refractivity (Wildman–Crippen MR) is 137 cm³/mol. The third-order valence-corrected chi connectivity index (χ3v) is 6.59. The van der Waals surface area contributed by atoms with Crippen LogP contribution in [0.15, 0.2) is 42.6 Å². The van der Waals surface area contributed by atoms with E-state index >= 15 is 0 Å². The van der Waals surface area contributed by atoms with E-state index < -0.39 is 24.0 Å². The van der Waals surface area contributed by atoms with Gasteiger partial charge in [0.2, 0.25) is 0 Å². The van der Waals surface area contributed by atoms with Crippen LogP contribution in [-0.2, 0) is 19.1 Å². The molecule has 2 saturated heterocycles. The molecule has 3 heterocycles. The first-order chi connectivity index (χ1) is 17.8. The van der Waals surface area contributed by atoms with E-state index in [1.165, 1.54) is 4.90 Å². The molecule has 0 bridgehead atoms. The Morgan fingerprint density at radius 1 is 1.14 bits per heavy atom. The monoisotopic (exact) mass is 507 g/mol. The van der Waals surface area contributed by atoms with E-state index in [4.69, 9.17) is 15.2 Å². The van der Waals surface area contributed by atoms with Gasteiger partial charge >= 0.3 is 0 Å². The summed E-state index contributed by atoms with van der Waals surface area (Å²) < 4.78 is 10.9. The molecule has 0 aliphatic carbocycles. The zero-order valence-electron chi connectivity index (χ0n) is 20.4. The molecule has 1 aromatic heterocycles. The molecule has 2 aliphatic rings. The number of aryl methyl sites for hydroxylation is 1. The Balaban J connectivity index is 1.31. The van der Waals surface area contributed by atoms with Gasteiger partial charge in [-0.05, 0) is 48.9 Å². The Kier molecular flexibility index (Phi) is 6.83. The molecule has 5 rings (SSSR count). The number of ether oxygens (including phenoxy) is 2. The quantitative estimate of drug-likeness (QED) is 0.406. The number of H-pyrrole nitrogens is 1. The average molecular weight is 508 g/mol. The highest BCUT2D eigenvalue weighted by Gasteiger charge is 2.39. The second-order valence-corrected chi connectivity index (χ2v) is 9.18. The second kappa shape index (κ2) is 10.2. The minimum absolute atomic E-state index is 0.121. The zero-order valence-corrected chi connectivity index (χ0v) is 20.4. The summed E-state index contributed by atoms with van der Waals surface area (Å²) in [5, 5.41) is 15.0. The molecule has 0 saturated carbocycles. The van der Waals surface area contributed by atoms with Crippen LogP contribution in [0.4, 0.5) is 17.2 Å². The molecule has 3 aromatic rings. The van der Waals surface area contributed by atoms with E-state index in [2.05, 4.69) is 10.3 Å². The van der Waals surface area contributed by atoms with Crippen LogP contribution in [0, 0.1) is 6.92 Å². The number of nitrogens with two attached hydrogens (primary N) is 1. The summed E-state index contributed by atoms with van der Waals surface area (Å²) in [5.41, 5.74) is 8.09. The summed E-state index contributed by atoms with van der Waals surface area (Å²) in [5.74, 6) is -0.945. The van der Waals surface area contributed by atoms with E-state index in [0.717, 1.165) is 16.3 Å². The molecule has 0 spiro atoms. The first-order valence-corrected chi connectivity index (χ1v) is 12.1. The number of aliphatic hydroxyl groups excluding tert-OH is 1. The lowest BCUT2D eigenvalue weighted by atomic mass is 10.1. The summed E-state index contributed by atoms with van der Waals surface area (Å²) >= 11 is 0. The Morgan fingerprint density at radius 3 is 2.70 bits per heavy atom. The molecule has 2 fully saturated rings. The predicted octanol–water partition coefficient (Wildman–Crippen LogP) is 1.26. The highest BCUT2D eigenvalue weighted by Crippen LogP contribution is 2.26. The zero-order chi connectivity index (χ0) is 26.1. The number of rotatable bonds is 5. The normalized spacial score (nSPS) is 19.2. The number of nitrogens with zero attached hydrogens (tertiary/aromatic N) is 2. The number of carbonyl (C=O) groups is 3. The first kappa shape index (κ1) is 24.8.